The highest BCUT2D eigenvalue weighted by molar-refractivity contribution is 5.80. The molecule has 2 aromatic rings. The first-order valence-corrected chi connectivity index (χ1v) is 10.7. The van der Waals surface area contributed by atoms with Gasteiger partial charge in [0.05, 0.1) is 21.3 Å². The van der Waals surface area contributed by atoms with Crippen LogP contribution in [0.15, 0.2) is 41.4 Å². The predicted octanol–water partition coefficient (Wildman–Crippen LogP) is 3.01. The van der Waals surface area contributed by atoms with Gasteiger partial charge in [-0.3, -0.25) is 4.99 Å². The summed E-state index contributed by atoms with van der Waals surface area (Å²) in [6.45, 7) is 4.82. The lowest BCUT2D eigenvalue weighted by Gasteiger charge is -2.21. The van der Waals surface area contributed by atoms with Crippen molar-refractivity contribution in [2.24, 2.45) is 4.99 Å². The molecule has 7 nitrogen and oxygen atoms in total. The first-order chi connectivity index (χ1) is 15.1. The summed E-state index contributed by atoms with van der Waals surface area (Å²) in [7, 11) is 6.75. The number of rotatable bonds is 8. The van der Waals surface area contributed by atoms with Gasteiger partial charge in [0, 0.05) is 56.1 Å². The molecule has 2 N–H and O–H groups in total. The van der Waals surface area contributed by atoms with Crippen LogP contribution in [-0.2, 0) is 6.42 Å². The molecule has 0 spiro atoms. The van der Waals surface area contributed by atoms with Crippen LogP contribution in [0.2, 0.25) is 0 Å². The zero-order chi connectivity index (χ0) is 22.2. The van der Waals surface area contributed by atoms with Gasteiger partial charge in [-0.05, 0) is 31.9 Å². The molecule has 168 valence electrons. The molecule has 0 aliphatic carbocycles. The first-order valence-electron chi connectivity index (χ1n) is 10.7. The van der Waals surface area contributed by atoms with Gasteiger partial charge in [0.2, 0.25) is 0 Å². The lowest BCUT2D eigenvalue weighted by Crippen LogP contribution is -2.45. The van der Waals surface area contributed by atoms with Gasteiger partial charge in [0.25, 0.3) is 0 Å². The molecule has 1 saturated heterocycles. The van der Waals surface area contributed by atoms with Gasteiger partial charge < -0.3 is 29.7 Å². The summed E-state index contributed by atoms with van der Waals surface area (Å²) in [4.78, 5) is 6.81. The second-order valence-corrected chi connectivity index (χ2v) is 7.67. The van der Waals surface area contributed by atoms with E-state index in [2.05, 4.69) is 51.7 Å². The molecule has 3 rings (SSSR count). The van der Waals surface area contributed by atoms with E-state index in [9.17, 15) is 0 Å². The van der Waals surface area contributed by atoms with E-state index >= 15 is 0 Å². The van der Waals surface area contributed by atoms with Crippen LogP contribution in [0, 0.1) is 6.92 Å². The van der Waals surface area contributed by atoms with Crippen LogP contribution >= 0.6 is 0 Å². The minimum Gasteiger partial charge on any atom is -0.496 e. The van der Waals surface area contributed by atoms with Crippen LogP contribution in [0.25, 0.3) is 0 Å². The number of nitrogens with one attached hydrogen (secondary N) is 2. The van der Waals surface area contributed by atoms with Gasteiger partial charge >= 0.3 is 0 Å². The van der Waals surface area contributed by atoms with Crippen LogP contribution in [0.5, 0.6) is 17.2 Å². The topological polar surface area (TPSA) is 67.4 Å². The third-order valence-corrected chi connectivity index (χ3v) is 5.64. The van der Waals surface area contributed by atoms with Crippen molar-refractivity contribution in [2.45, 2.75) is 25.8 Å². The van der Waals surface area contributed by atoms with Crippen LogP contribution in [0.1, 0.15) is 17.5 Å². The van der Waals surface area contributed by atoms with E-state index in [0.29, 0.717) is 18.3 Å². The molecule has 0 amide bonds. The minimum atomic E-state index is 0.359. The van der Waals surface area contributed by atoms with Crippen LogP contribution in [-0.4, -0.2) is 60.0 Å². The third kappa shape index (κ3) is 5.75. The average molecular weight is 427 g/mol. The van der Waals surface area contributed by atoms with Crippen molar-refractivity contribution in [3.63, 3.8) is 0 Å². The van der Waals surface area contributed by atoms with Crippen molar-refractivity contribution in [1.29, 1.82) is 0 Å². The number of ether oxygens (including phenoxy) is 3. The van der Waals surface area contributed by atoms with E-state index in [1.807, 2.05) is 12.1 Å². The molecule has 1 aliphatic rings. The van der Waals surface area contributed by atoms with Gasteiger partial charge in [-0.15, -0.1) is 0 Å². The molecule has 1 aliphatic heterocycles. The van der Waals surface area contributed by atoms with Crippen molar-refractivity contribution in [2.75, 3.05) is 52.9 Å². The molecule has 0 radical (unpaired) electrons. The monoisotopic (exact) mass is 426 g/mol. The minimum absolute atomic E-state index is 0.359. The Morgan fingerprint density at radius 3 is 2.32 bits per heavy atom. The molecular weight excluding hydrogens is 392 g/mol. The highest BCUT2D eigenvalue weighted by Gasteiger charge is 2.23. The fraction of sp³-hybridized carbons (Fsp3) is 0.458. The Bertz CT molecular complexity index is 858. The Balaban J connectivity index is 1.54. The highest BCUT2D eigenvalue weighted by Crippen LogP contribution is 2.34. The molecule has 2 aromatic carbocycles. The van der Waals surface area contributed by atoms with Gasteiger partial charge in [0.15, 0.2) is 5.96 Å². The lowest BCUT2D eigenvalue weighted by molar-refractivity contribution is 0.368. The SMILES string of the molecule is CN=C(NCCc1c(OC)cc(OC)cc1OC)NC1CCN(c2ccc(C)cc2)C1. The molecule has 1 heterocycles. The number of anilines is 1. The number of aryl methyl sites for hydroxylation is 1. The molecule has 0 aromatic heterocycles. The first kappa shape index (κ1) is 22.6. The lowest BCUT2D eigenvalue weighted by atomic mass is 10.1. The highest BCUT2D eigenvalue weighted by atomic mass is 16.5. The Labute approximate surface area is 185 Å². The van der Waals surface area contributed by atoms with E-state index < -0.39 is 0 Å². The Morgan fingerprint density at radius 1 is 1.06 bits per heavy atom. The van der Waals surface area contributed by atoms with E-state index in [1.165, 1.54) is 11.3 Å². The quantitative estimate of drug-likeness (QED) is 0.500. The summed E-state index contributed by atoms with van der Waals surface area (Å²) in [5.74, 6) is 3.03. The summed E-state index contributed by atoms with van der Waals surface area (Å²) in [6, 6.07) is 12.8. The normalized spacial score (nSPS) is 16.2. The fourth-order valence-electron chi connectivity index (χ4n) is 3.89. The molecule has 0 bridgehead atoms. The zero-order valence-corrected chi connectivity index (χ0v) is 19.2. The van der Waals surface area contributed by atoms with Crippen LogP contribution in [0.4, 0.5) is 5.69 Å². The number of methoxy groups -OCH3 is 3. The van der Waals surface area contributed by atoms with Gasteiger partial charge in [-0.25, -0.2) is 0 Å². The number of aliphatic imine (C=N–C) groups is 1. The smallest absolute Gasteiger partial charge is 0.191 e. The number of hydrogen-bond acceptors (Lipinski definition) is 5. The fourth-order valence-corrected chi connectivity index (χ4v) is 3.89. The van der Waals surface area contributed by atoms with Crippen molar-refractivity contribution in [3.05, 3.63) is 47.5 Å². The van der Waals surface area contributed by atoms with Gasteiger partial charge in [0.1, 0.15) is 17.2 Å². The number of nitrogens with zero attached hydrogens (tertiary/aromatic N) is 2. The van der Waals surface area contributed by atoms with Crippen molar-refractivity contribution in [3.8, 4) is 17.2 Å². The molecule has 1 unspecified atom stereocenters. The van der Waals surface area contributed by atoms with E-state index in [1.54, 1.807) is 28.4 Å². The number of guanidine groups is 1. The average Bonchev–Trinajstić information content (AvgIpc) is 3.27. The molecule has 1 atom stereocenters. The Hall–Kier alpha value is -3.09. The zero-order valence-electron chi connectivity index (χ0n) is 19.2. The second kappa shape index (κ2) is 10.8. The van der Waals surface area contributed by atoms with Crippen molar-refractivity contribution < 1.29 is 14.2 Å². The molecule has 0 saturated carbocycles. The standard InChI is InChI=1S/C24H34N4O3/c1-17-6-8-19(9-7-17)28-13-11-18(16-28)27-24(25-2)26-12-10-21-22(30-4)14-20(29-3)15-23(21)31-5/h6-9,14-15,18H,10-13,16H2,1-5H3,(H2,25,26,27). The third-order valence-electron chi connectivity index (χ3n) is 5.64. The number of benzene rings is 2. The van der Waals surface area contributed by atoms with Crippen LogP contribution in [0.3, 0.4) is 0 Å². The van der Waals surface area contributed by atoms with E-state index in [0.717, 1.165) is 49.0 Å². The maximum atomic E-state index is 5.54. The molecule has 7 heteroatoms. The summed E-state index contributed by atoms with van der Waals surface area (Å²) < 4.78 is 16.4. The largest absolute Gasteiger partial charge is 0.496 e. The van der Waals surface area contributed by atoms with E-state index in [-0.39, 0.29) is 0 Å². The Kier molecular flexibility index (Phi) is 7.87. The Morgan fingerprint density at radius 2 is 1.74 bits per heavy atom. The summed E-state index contributed by atoms with van der Waals surface area (Å²) in [6.07, 6.45) is 1.81. The maximum absolute atomic E-state index is 5.54. The summed E-state index contributed by atoms with van der Waals surface area (Å²) in [5.41, 5.74) is 3.56. The second-order valence-electron chi connectivity index (χ2n) is 7.67. The molecule has 1 fully saturated rings. The van der Waals surface area contributed by atoms with E-state index in [4.69, 9.17) is 14.2 Å². The number of hydrogen-bond donors (Lipinski definition) is 2. The molecule has 31 heavy (non-hydrogen) atoms. The molecular formula is C24H34N4O3. The summed E-state index contributed by atoms with van der Waals surface area (Å²) in [5, 5.41) is 6.97. The van der Waals surface area contributed by atoms with Crippen LogP contribution < -0.4 is 29.7 Å². The maximum Gasteiger partial charge on any atom is 0.191 e. The summed E-state index contributed by atoms with van der Waals surface area (Å²) >= 11 is 0. The van der Waals surface area contributed by atoms with Crippen molar-refractivity contribution in [1.82, 2.24) is 10.6 Å². The van der Waals surface area contributed by atoms with Crippen molar-refractivity contribution >= 4 is 11.6 Å². The van der Waals surface area contributed by atoms with Gasteiger partial charge in [-0.2, -0.15) is 0 Å². The van der Waals surface area contributed by atoms with Gasteiger partial charge in [-0.1, -0.05) is 17.7 Å². The predicted molar refractivity (Wildman–Crippen MR) is 126 cm³/mol.